The number of hydrogen-bond acceptors (Lipinski definition) is 4. The molecule has 0 spiro atoms. The molecule has 0 aliphatic heterocycles. The van der Waals surface area contributed by atoms with Gasteiger partial charge in [0.1, 0.15) is 16.1 Å². The van der Waals surface area contributed by atoms with Gasteiger partial charge in [0.2, 0.25) is 0 Å². The van der Waals surface area contributed by atoms with Gasteiger partial charge in [-0.25, -0.2) is 4.98 Å². The molecule has 0 radical (unpaired) electrons. The zero-order chi connectivity index (χ0) is 20.5. The number of nitrogens with zero attached hydrogens (tertiary/aromatic N) is 3. The Balaban J connectivity index is 2.24. The van der Waals surface area contributed by atoms with Crippen LogP contribution in [0.2, 0.25) is 0 Å². The minimum atomic E-state index is -4.53. The summed E-state index contributed by atoms with van der Waals surface area (Å²) in [6.45, 7) is 5.37. The average molecular weight is 405 g/mol. The standard InChI is InChI=1S/C20H18F3N3OS/c1-19(2,3)28(27)25-12-15-10-13-6-4-8-16(20(21,22)23)18(13)26-17(15)14-7-5-9-24-11-14/h4-12H,1-3H3. The molecule has 0 saturated carbocycles. The van der Waals surface area contributed by atoms with Crippen molar-refractivity contribution in [2.45, 2.75) is 31.7 Å². The van der Waals surface area contributed by atoms with E-state index >= 15 is 0 Å². The van der Waals surface area contributed by atoms with Crippen LogP contribution in [-0.2, 0) is 17.5 Å². The van der Waals surface area contributed by atoms with Crippen LogP contribution in [0.15, 0.2) is 53.2 Å². The lowest BCUT2D eigenvalue weighted by Crippen LogP contribution is -2.25. The first-order chi connectivity index (χ1) is 13.1. The second-order valence-electron chi connectivity index (χ2n) is 7.14. The second-order valence-corrected chi connectivity index (χ2v) is 9.07. The third kappa shape index (κ3) is 4.34. The van der Waals surface area contributed by atoms with Crippen LogP contribution in [0.4, 0.5) is 13.2 Å². The highest BCUT2D eigenvalue weighted by Gasteiger charge is 2.33. The maximum Gasteiger partial charge on any atom is 0.418 e. The number of fused-ring (bicyclic) bond motifs is 1. The molecule has 3 aromatic rings. The van der Waals surface area contributed by atoms with Crippen molar-refractivity contribution in [2.24, 2.45) is 4.40 Å². The number of hydrogen-bond donors (Lipinski definition) is 0. The SMILES string of the molecule is CC(C)(C)[S+]([O-])N=Cc1cc2cccc(C(F)(F)F)c2nc1-c1cccnc1. The minimum absolute atomic E-state index is 0.150. The van der Waals surface area contributed by atoms with E-state index in [9.17, 15) is 17.7 Å². The molecule has 2 aromatic heterocycles. The average Bonchev–Trinajstić information content (AvgIpc) is 2.64. The maximum absolute atomic E-state index is 13.4. The highest BCUT2D eigenvalue weighted by atomic mass is 32.2. The summed E-state index contributed by atoms with van der Waals surface area (Å²) in [5.41, 5.74) is 0.355. The molecule has 146 valence electrons. The number of pyridine rings is 2. The van der Waals surface area contributed by atoms with E-state index in [-0.39, 0.29) is 5.52 Å². The molecule has 1 unspecified atom stereocenters. The lowest BCUT2D eigenvalue weighted by molar-refractivity contribution is -0.136. The lowest BCUT2D eigenvalue weighted by atomic mass is 10.0. The fourth-order valence-corrected chi connectivity index (χ4v) is 3.06. The molecule has 0 N–H and O–H groups in total. The van der Waals surface area contributed by atoms with Crippen LogP contribution in [0.1, 0.15) is 31.9 Å². The molecular formula is C20H18F3N3OS. The van der Waals surface area contributed by atoms with Crippen molar-refractivity contribution in [1.82, 2.24) is 9.97 Å². The molecule has 0 aliphatic carbocycles. The molecule has 0 amide bonds. The van der Waals surface area contributed by atoms with Crippen LogP contribution < -0.4 is 0 Å². The van der Waals surface area contributed by atoms with Gasteiger partial charge in [-0.05, 0) is 45.0 Å². The summed E-state index contributed by atoms with van der Waals surface area (Å²) in [7, 11) is 0. The monoisotopic (exact) mass is 405 g/mol. The Morgan fingerprint density at radius 1 is 1.11 bits per heavy atom. The third-order valence-corrected chi connectivity index (χ3v) is 5.27. The van der Waals surface area contributed by atoms with Crippen molar-refractivity contribution in [3.8, 4) is 11.3 Å². The molecule has 2 heterocycles. The molecule has 4 nitrogen and oxygen atoms in total. The molecule has 1 atom stereocenters. The summed E-state index contributed by atoms with van der Waals surface area (Å²) in [6, 6.07) is 8.85. The van der Waals surface area contributed by atoms with Gasteiger partial charge in [0.15, 0.2) is 0 Å². The summed E-state index contributed by atoms with van der Waals surface area (Å²) >= 11 is -1.51. The van der Waals surface area contributed by atoms with E-state index in [0.717, 1.165) is 6.07 Å². The highest BCUT2D eigenvalue weighted by Crippen LogP contribution is 2.35. The van der Waals surface area contributed by atoms with E-state index < -0.39 is 27.8 Å². The van der Waals surface area contributed by atoms with E-state index in [4.69, 9.17) is 0 Å². The zero-order valence-corrected chi connectivity index (χ0v) is 16.3. The molecule has 1 aromatic carbocycles. The Morgan fingerprint density at radius 3 is 2.46 bits per heavy atom. The Labute approximate surface area is 163 Å². The number of halogens is 3. The van der Waals surface area contributed by atoms with Crippen molar-refractivity contribution < 1.29 is 17.7 Å². The molecule has 0 fully saturated rings. The first-order valence-corrected chi connectivity index (χ1v) is 9.55. The Hall–Kier alpha value is -2.45. The van der Waals surface area contributed by atoms with Crippen molar-refractivity contribution in [2.75, 3.05) is 0 Å². The van der Waals surface area contributed by atoms with Crippen LogP contribution in [-0.4, -0.2) is 25.5 Å². The van der Waals surface area contributed by atoms with E-state index in [2.05, 4.69) is 14.4 Å². The van der Waals surface area contributed by atoms with Crippen LogP contribution in [0, 0.1) is 0 Å². The van der Waals surface area contributed by atoms with Gasteiger partial charge in [0, 0.05) is 28.9 Å². The van der Waals surface area contributed by atoms with Crippen molar-refractivity contribution in [3.05, 3.63) is 59.9 Å². The predicted molar refractivity (Wildman–Crippen MR) is 105 cm³/mol. The van der Waals surface area contributed by atoms with Gasteiger partial charge in [-0.1, -0.05) is 16.5 Å². The lowest BCUT2D eigenvalue weighted by Gasteiger charge is -2.18. The first-order valence-electron chi connectivity index (χ1n) is 8.45. The summed E-state index contributed by atoms with van der Waals surface area (Å²) in [5, 5.41) is 0.324. The van der Waals surface area contributed by atoms with Crippen LogP contribution in [0.5, 0.6) is 0 Å². The van der Waals surface area contributed by atoms with Crippen LogP contribution >= 0.6 is 0 Å². The normalized spacial score (nSPS) is 14.0. The summed E-state index contributed by atoms with van der Waals surface area (Å²) in [5.74, 6) is 0. The Bertz CT molecular complexity index is 1010. The number of para-hydroxylation sites is 1. The number of rotatable bonds is 3. The van der Waals surface area contributed by atoms with E-state index in [1.165, 1.54) is 18.5 Å². The molecule has 0 aliphatic rings. The number of aromatic nitrogens is 2. The van der Waals surface area contributed by atoms with E-state index in [1.807, 2.05) is 0 Å². The Morgan fingerprint density at radius 2 is 1.86 bits per heavy atom. The van der Waals surface area contributed by atoms with Crippen LogP contribution in [0.25, 0.3) is 22.2 Å². The number of alkyl halides is 3. The molecule has 3 rings (SSSR count). The smallest absolute Gasteiger partial charge is 0.418 e. The van der Waals surface area contributed by atoms with Gasteiger partial charge in [0.25, 0.3) is 0 Å². The van der Waals surface area contributed by atoms with Gasteiger partial charge in [-0.3, -0.25) is 4.98 Å². The molecule has 0 bridgehead atoms. The second kappa shape index (κ2) is 7.52. The predicted octanol–water partition coefficient (Wildman–Crippen LogP) is 5.20. The van der Waals surface area contributed by atoms with E-state index in [0.29, 0.717) is 22.2 Å². The summed E-state index contributed by atoms with van der Waals surface area (Å²) < 4.78 is 56.1. The molecule has 8 heteroatoms. The fourth-order valence-electron chi connectivity index (χ4n) is 2.54. The molecule has 0 saturated heterocycles. The zero-order valence-electron chi connectivity index (χ0n) is 15.5. The quantitative estimate of drug-likeness (QED) is 0.445. The maximum atomic E-state index is 13.4. The topological polar surface area (TPSA) is 61.2 Å². The highest BCUT2D eigenvalue weighted by molar-refractivity contribution is 7.91. The van der Waals surface area contributed by atoms with Crippen molar-refractivity contribution >= 4 is 28.5 Å². The van der Waals surface area contributed by atoms with Gasteiger partial charge >= 0.3 is 6.18 Å². The molecular weight excluding hydrogens is 387 g/mol. The number of benzene rings is 1. The summed E-state index contributed by atoms with van der Waals surface area (Å²) in [4.78, 5) is 8.32. The van der Waals surface area contributed by atoms with E-state index in [1.54, 1.807) is 51.2 Å². The summed E-state index contributed by atoms with van der Waals surface area (Å²) in [6.07, 6.45) is -0.0466. The Kier molecular flexibility index (Phi) is 5.45. The van der Waals surface area contributed by atoms with Crippen LogP contribution in [0.3, 0.4) is 0 Å². The van der Waals surface area contributed by atoms with Gasteiger partial charge in [-0.15, -0.1) is 0 Å². The largest absolute Gasteiger partial charge is 0.591 e. The minimum Gasteiger partial charge on any atom is -0.591 e. The van der Waals surface area contributed by atoms with Crippen molar-refractivity contribution in [1.29, 1.82) is 0 Å². The first kappa shape index (κ1) is 20.3. The van der Waals surface area contributed by atoms with Gasteiger partial charge in [-0.2, -0.15) is 13.2 Å². The fraction of sp³-hybridized carbons (Fsp3) is 0.250. The molecule has 28 heavy (non-hydrogen) atoms. The van der Waals surface area contributed by atoms with Gasteiger partial charge < -0.3 is 4.55 Å². The van der Waals surface area contributed by atoms with Crippen molar-refractivity contribution in [3.63, 3.8) is 0 Å². The third-order valence-electron chi connectivity index (χ3n) is 3.93. The van der Waals surface area contributed by atoms with Gasteiger partial charge in [0.05, 0.1) is 23.0 Å².